The molecule has 0 saturated carbocycles. The van der Waals surface area contributed by atoms with E-state index in [0.29, 0.717) is 22.7 Å². The summed E-state index contributed by atoms with van der Waals surface area (Å²) in [5.41, 5.74) is 3.53. The molecule has 2 N–H and O–H groups in total. The Balaban J connectivity index is 2.02. The van der Waals surface area contributed by atoms with E-state index in [2.05, 4.69) is 29.6 Å². The quantitative estimate of drug-likeness (QED) is 0.734. The average Bonchev–Trinajstić information content (AvgIpc) is 3.02. The van der Waals surface area contributed by atoms with Crippen molar-refractivity contribution < 1.29 is 8.42 Å². The summed E-state index contributed by atoms with van der Waals surface area (Å²) in [4.78, 5) is 3.20. The van der Waals surface area contributed by atoms with Crippen molar-refractivity contribution in [2.45, 2.75) is 31.6 Å². The Labute approximate surface area is 147 Å². The van der Waals surface area contributed by atoms with Crippen molar-refractivity contribution in [2.75, 3.05) is 4.72 Å². The lowest BCUT2D eigenvalue weighted by Crippen LogP contribution is -2.13. The first-order valence-corrected chi connectivity index (χ1v) is 9.45. The number of hydrogen-bond acceptors (Lipinski definition) is 3. The minimum absolute atomic E-state index is 0.206. The molecule has 5 nitrogen and oxygen atoms in total. The van der Waals surface area contributed by atoms with Crippen LogP contribution in [0.5, 0.6) is 0 Å². The van der Waals surface area contributed by atoms with Crippen molar-refractivity contribution in [3.63, 3.8) is 0 Å². The summed E-state index contributed by atoms with van der Waals surface area (Å²) >= 11 is 0. The molecule has 0 saturated heterocycles. The Morgan fingerprint density at radius 2 is 1.80 bits per heavy atom. The van der Waals surface area contributed by atoms with E-state index in [4.69, 9.17) is 0 Å². The number of H-pyrrole nitrogens is 1. The molecule has 0 unspecified atom stereocenters. The van der Waals surface area contributed by atoms with Crippen LogP contribution in [0.15, 0.2) is 47.5 Å². The minimum atomic E-state index is -3.71. The molecule has 0 aliphatic carbocycles. The molecule has 0 fully saturated rings. The SMILES string of the molecule is Cc1ccc(NS(=O)(=O)c2ccc(C(C)C)cc2)c2[nH]cc(C#N)c12. The lowest BCUT2D eigenvalue weighted by Gasteiger charge is -2.11. The van der Waals surface area contributed by atoms with Crippen LogP contribution in [0, 0.1) is 18.3 Å². The molecule has 0 atom stereocenters. The van der Waals surface area contributed by atoms with Gasteiger partial charge in [0.15, 0.2) is 0 Å². The molecule has 2 aromatic carbocycles. The third-order valence-corrected chi connectivity index (χ3v) is 5.65. The topological polar surface area (TPSA) is 85.8 Å². The number of benzene rings is 2. The lowest BCUT2D eigenvalue weighted by atomic mass is 10.0. The Morgan fingerprint density at radius 3 is 2.40 bits per heavy atom. The van der Waals surface area contributed by atoms with Crippen LogP contribution in [0.25, 0.3) is 10.9 Å². The first-order chi connectivity index (χ1) is 11.8. The van der Waals surface area contributed by atoms with Crippen LogP contribution >= 0.6 is 0 Å². The van der Waals surface area contributed by atoms with E-state index in [1.54, 1.807) is 30.5 Å². The van der Waals surface area contributed by atoms with Gasteiger partial charge in [0.2, 0.25) is 0 Å². The molecule has 25 heavy (non-hydrogen) atoms. The Hall–Kier alpha value is -2.78. The standard InChI is InChI=1S/C19H19N3O2S/c1-12(2)14-5-7-16(8-6-14)25(23,24)22-17-9-4-13(3)18-15(10-20)11-21-19(17)18/h4-9,11-12,21-22H,1-3H3. The van der Waals surface area contributed by atoms with Crippen molar-refractivity contribution in [3.05, 3.63) is 59.3 Å². The number of aromatic amines is 1. The van der Waals surface area contributed by atoms with Gasteiger partial charge in [-0.3, -0.25) is 4.72 Å². The molecule has 128 valence electrons. The largest absolute Gasteiger partial charge is 0.358 e. The molecule has 0 radical (unpaired) electrons. The number of aryl methyl sites for hydroxylation is 1. The van der Waals surface area contributed by atoms with Gasteiger partial charge in [0, 0.05) is 11.6 Å². The molecule has 0 amide bonds. The maximum absolute atomic E-state index is 12.7. The van der Waals surface area contributed by atoms with Gasteiger partial charge >= 0.3 is 0 Å². The Kier molecular flexibility index (Phi) is 4.27. The number of aromatic nitrogens is 1. The molecule has 1 heterocycles. The summed E-state index contributed by atoms with van der Waals surface area (Å²) < 4.78 is 28.0. The van der Waals surface area contributed by atoms with E-state index in [1.807, 2.05) is 19.1 Å². The molecular weight excluding hydrogens is 334 g/mol. The molecule has 0 bridgehead atoms. The number of fused-ring (bicyclic) bond motifs is 1. The van der Waals surface area contributed by atoms with Crippen molar-refractivity contribution >= 4 is 26.6 Å². The zero-order valence-corrected chi connectivity index (χ0v) is 15.1. The van der Waals surface area contributed by atoms with Gasteiger partial charge in [-0.2, -0.15) is 5.26 Å². The molecule has 0 aliphatic heterocycles. The fraction of sp³-hybridized carbons (Fsp3) is 0.211. The number of hydrogen-bond donors (Lipinski definition) is 2. The molecule has 0 spiro atoms. The third kappa shape index (κ3) is 3.11. The van der Waals surface area contributed by atoms with Gasteiger partial charge in [0.05, 0.1) is 21.7 Å². The predicted molar refractivity (Wildman–Crippen MR) is 99.1 cm³/mol. The maximum atomic E-state index is 12.7. The van der Waals surface area contributed by atoms with E-state index in [-0.39, 0.29) is 4.90 Å². The Bertz CT molecular complexity index is 1070. The van der Waals surface area contributed by atoms with E-state index in [1.165, 1.54) is 0 Å². The number of anilines is 1. The van der Waals surface area contributed by atoms with Gasteiger partial charge in [0.1, 0.15) is 6.07 Å². The summed E-state index contributed by atoms with van der Waals surface area (Å²) in [5.74, 6) is 0.338. The van der Waals surface area contributed by atoms with Crippen molar-refractivity contribution in [3.8, 4) is 6.07 Å². The highest BCUT2D eigenvalue weighted by Gasteiger charge is 2.18. The zero-order chi connectivity index (χ0) is 18.2. The number of nitriles is 1. The first kappa shape index (κ1) is 17.1. The normalized spacial score (nSPS) is 11.6. The van der Waals surface area contributed by atoms with Crippen molar-refractivity contribution in [2.24, 2.45) is 0 Å². The summed E-state index contributed by atoms with van der Waals surface area (Å²) in [6.07, 6.45) is 1.59. The highest BCUT2D eigenvalue weighted by molar-refractivity contribution is 7.92. The summed E-state index contributed by atoms with van der Waals surface area (Å²) in [5, 5.41) is 9.95. The third-order valence-electron chi connectivity index (χ3n) is 4.27. The van der Waals surface area contributed by atoms with Crippen LogP contribution in [0.3, 0.4) is 0 Å². The molecule has 3 rings (SSSR count). The van der Waals surface area contributed by atoms with Crippen molar-refractivity contribution in [1.29, 1.82) is 5.26 Å². The second kappa shape index (κ2) is 6.26. The van der Waals surface area contributed by atoms with Crippen molar-refractivity contribution in [1.82, 2.24) is 4.98 Å². The van der Waals surface area contributed by atoms with Crippen LogP contribution in [0.2, 0.25) is 0 Å². The van der Waals surface area contributed by atoms with Crippen LogP contribution in [-0.2, 0) is 10.0 Å². The summed E-state index contributed by atoms with van der Waals surface area (Å²) in [7, 11) is -3.71. The number of nitrogens with zero attached hydrogens (tertiary/aromatic N) is 1. The fourth-order valence-electron chi connectivity index (χ4n) is 2.83. The van der Waals surface area contributed by atoms with Crippen LogP contribution in [0.1, 0.15) is 36.5 Å². The Morgan fingerprint density at radius 1 is 1.12 bits per heavy atom. The predicted octanol–water partition coefficient (Wildman–Crippen LogP) is 4.27. The first-order valence-electron chi connectivity index (χ1n) is 7.97. The van der Waals surface area contributed by atoms with E-state index in [0.717, 1.165) is 16.5 Å². The molecule has 0 aliphatic rings. The maximum Gasteiger partial charge on any atom is 0.261 e. The summed E-state index contributed by atoms with van der Waals surface area (Å²) in [6.45, 7) is 6.01. The molecular formula is C19H19N3O2S. The van der Waals surface area contributed by atoms with Gasteiger partial charge < -0.3 is 4.98 Å². The van der Waals surface area contributed by atoms with Gasteiger partial charge in [-0.1, -0.05) is 32.0 Å². The molecule has 1 aromatic heterocycles. The van der Waals surface area contributed by atoms with Gasteiger partial charge in [-0.05, 0) is 42.2 Å². The van der Waals surface area contributed by atoms with Gasteiger partial charge in [-0.25, -0.2) is 8.42 Å². The van der Waals surface area contributed by atoms with Crippen LogP contribution in [0.4, 0.5) is 5.69 Å². The van der Waals surface area contributed by atoms with Crippen LogP contribution < -0.4 is 4.72 Å². The highest BCUT2D eigenvalue weighted by atomic mass is 32.2. The monoisotopic (exact) mass is 353 g/mol. The van der Waals surface area contributed by atoms with Gasteiger partial charge in [0.25, 0.3) is 10.0 Å². The number of nitrogens with one attached hydrogen (secondary N) is 2. The minimum Gasteiger partial charge on any atom is -0.358 e. The fourth-order valence-corrected chi connectivity index (χ4v) is 3.90. The molecule has 3 aromatic rings. The average molecular weight is 353 g/mol. The second-order valence-corrected chi connectivity index (χ2v) is 8.01. The smallest absolute Gasteiger partial charge is 0.261 e. The van der Waals surface area contributed by atoms with Crippen LogP contribution in [-0.4, -0.2) is 13.4 Å². The van der Waals surface area contributed by atoms with E-state index in [9.17, 15) is 13.7 Å². The highest BCUT2D eigenvalue weighted by Crippen LogP contribution is 2.30. The number of rotatable bonds is 4. The van der Waals surface area contributed by atoms with E-state index >= 15 is 0 Å². The van der Waals surface area contributed by atoms with Gasteiger partial charge in [-0.15, -0.1) is 0 Å². The second-order valence-electron chi connectivity index (χ2n) is 6.32. The summed E-state index contributed by atoms with van der Waals surface area (Å²) in [6, 6.07) is 12.5. The zero-order valence-electron chi connectivity index (χ0n) is 14.3. The van der Waals surface area contributed by atoms with E-state index < -0.39 is 10.0 Å². The lowest BCUT2D eigenvalue weighted by molar-refractivity contribution is 0.601. The number of sulfonamides is 1. The molecule has 6 heteroatoms.